The molecule has 0 spiro atoms. The van der Waals surface area contributed by atoms with Crippen LogP contribution in [0.4, 0.5) is 23.1 Å². The number of carbonyl (C=O) groups excluding carboxylic acids is 2. The van der Waals surface area contributed by atoms with Crippen LogP contribution in [0, 0.1) is 0 Å². The summed E-state index contributed by atoms with van der Waals surface area (Å²) in [5.41, 5.74) is 6.48. The Hall–Kier alpha value is -4.10. The minimum Gasteiger partial charge on any atom is -0.380 e. The fourth-order valence-electron chi connectivity index (χ4n) is 2.84. The summed E-state index contributed by atoms with van der Waals surface area (Å²) >= 11 is 0. The zero-order valence-corrected chi connectivity index (χ0v) is 18.8. The van der Waals surface area contributed by atoms with Crippen LogP contribution in [0.3, 0.4) is 0 Å². The number of nitrogen functional groups attached to an aromatic ring is 1. The predicted octanol–water partition coefficient (Wildman–Crippen LogP) is -0.176. The van der Waals surface area contributed by atoms with Crippen LogP contribution < -0.4 is 27.2 Å². The Morgan fingerprint density at radius 3 is 2.53 bits per heavy atom. The molecule has 182 valence electrons. The lowest BCUT2D eigenvalue weighted by Gasteiger charge is -2.20. The van der Waals surface area contributed by atoms with E-state index in [0.29, 0.717) is 17.0 Å². The fourth-order valence-corrected chi connectivity index (χ4v) is 2.84. The molecule has 2 aromatic rings. The van der Waals surface area contributed by atoms with Gasteiger partial charge < -0.3 is 31.9 Å². The summed E-state index contributed by atoms with van der Waals surface area (Å²) in [6.45, 7) is 5.35. The Morgan fingerprint density at radius 2 is 1.94 bits per heavy atom. The number of aromatic nitrogens is 2. The van der Waals surface area contributed by atoms with Crippen molar-refractivity contribution in [2.24, 2.45) is 9.98 Å². The topological polar surface area (TPSA) is 207 Å². The zero-order valence-electron chi connectivity index (χ0n) is 18.8. The molecule has 1 aromatic heterocycles. The van der Waals surface area contributed by atoms with Crippen molar-refractivity contribution < 1.29 is 19.8 Å². The van der Waals surface area contributed by atoms with E-state index in [2.05, 4.69) is 42.6 Å². The molecule has 34 heavy (non-hydrogen) atoms. The number of aliphatic hydroxyl groups is 2. The summed E-state index contributed by atoms with van der Waals surface area (Å²) in [4.78, 5) is 50.0. The van der Waals surface area contributed by atoms with Crippen LogP contribution in [0.25, 0.3) is 0 Å². The third-order valence-corrected chi connectivity index (χ3v) is 4.68. The first kappa shape index (κ1) is 26.2. The molecule has 13 nitrogen and oxygen atoms in total. The number of anilines is 2. The Balaban J connectivity index is 2.00. The molecular formula is C21H28N8O5. The summed E-state index contributed by atoms with van der Waals surface area (Å²) in [6.07, 6.45) is -1.71. The molecule has 0 aliphatic carbocycles. The van der Waals surface area contributed by atoms with E-state index in [-0.39, 0.29) is 42.7 Å². The van der Waals surface area contributed by atoms with Gasteiger partial charge in [0.15, 0.2) is 17.8 Å². The lowest BCUT2D eigenvalue weighted by atomic mass is 10.1. The Morgan fingerprint density at radius 1 is 1.26 bits per heavy atom. The van der Waals surface area contributed by atoms with E-state index in [9.17, 15) is 24.6 Å². The van der Waals surface area contributed by atoms with Gasteiger partial charge in [0.05, 0.1) is 12.6 Å². The average Bonchev–Trinajstić information content (AvgIpc) is 2.81. The maximum absolute atomic E-state index is 12.4. The van der Waals surface area contributed by atoms with Crippen molar-refractivity contribution >= 4 is 47.4 Å². The van der Waals surface area contributed by atoms with Crippen molar-refractivity contribution in [3.8, 4) is 0 Å². The van der Waals surface area contributed by atoms with Gasteiger partial charge in [-0.1, -0.05) is 0 Å². The minimum absolute atomic E-state index is 0.00689. The van der Waals surface area contributed by atoms with Gasteiger partial charge in [-0.25, -0.2) is 9.98 Å². The summed E-state index contributed by atoms with van der Waals surface area (Å²) in [5.74, 6) is -0.850. The Labute approximate surface area is 195 Å². The maximum Gasteiger partial charge on any atom is 0.280 e. The van der Waals surface area contributed by atoms with Gasteiger partial charge in [-0.05, 0) is 44.3 Å². The Kier molecular flexibility index (Phi) is 9.40. The number of H-pyrrole nitrogens is 1. The van der Waals surface area contributed by atoms with Crippen LogP contribution >= 0.6 is 0 Å². The van der Waals surface area contributed by atoms with Gasteiger partial charge in [0.2, 0.25) is 11.9 Å². The standard InChI is InChI=1S/C21H28N8O5/c1-11(26-16-17(24-3)28-21(22)29-19(16)32)10-25-13-6-4-12(5-7-13)18(31)27-14(20(33)34)8-9-15(30)23-2/h4-7,14,20,25,33-34H,3,8-10H2,1-2H3,(H,23,30)(H,27,31)(H3,22,28,29,32)/b26-11+/t14-/m1/s1. The van der Waals surface area contributed by atoms with Gasteiger partial charge in [0.25, 0.3) is 11.5 Å². The number of amides is 2. The van der Waals surface area contributed by atoms with E-state index in [1.807, 2.05) is 0 Å². The second-order valence-corrected chi connectivity index (χ2v) is 7.26. The van der Waals surface area contributed by atoms with E-state index in [4.69, 9.17) is 5.73 Å². The smallest absolute Gasteiger partial charge is 0.280 e. The highest BCUT2D eigenvalue weighted by molar-refractivity contribution is 5.95. The quantitative estimate of drug-likeness (QED) is 0.172. The maximum atomic E-state index is 12.4. The molecule has 1 aromatic carbocycles. The third kappa shape index (κ3) is 7.50. The van der Waals surface area contributed by atoms with Gasteiger partial charge in [0.1, 0.15) is 0 Å². The largest absolute Gasteiger partial charge is 0.380 e. The first-order valence-corrected chi connectivity index (χ1v) is 10.3. The third-order valence-electron chi connectivity index (χ3n) is 4.68. The number of hydrogen-bond acceptors (Lipinski definition) is 10. The molecule has 0 aliphatic rings. The van der Waals surface area contributed by atoms with Crippen LogP contribution in [0.15, 0.2) is 39.0 Å². The van der Waals surface area contributed by atoms with Crippen molar-refractivity contribution in [2.75, 3.05) is 24.6 Å². The molecule has 0 radical (unpaired) electrons. The van der Waals surface area contributed by atoms with E-state index in [1.165, 1.54) is 7.05 Å². The van der Waals surface area contributed by atoms with Crippen LogP contribution in [0.2, 0.25) is 0 Å². The number of aliphatic imine (C=N–C) groups is 2. The molecule has 0 fully saturated rings. The van der Waals surface area contributed by atoms with Gasteiger partial charge in [0, 0.05) is 30.4 Å². The second kappa shape index (κ2) is 12.2. The summed E-state index contributed by atoms with van der Waals surface area (Å²) in [5, 5.41) is 27.0. The molecule has 1 atom stereocenters. The summed E-state index contributed by atoms with van der Waals surface area (Å²) in [7, 11) is 1.47. The minimum atomic E-state index is -1.81. The summed E-state index contributed by atoms with van der Waals surface area (Å²) < 4.78 is 0. The normalized spacial score (nSPS) is 12.2. The molecule has 13 heteroatoms. The second-order valence-electron chi connectivity index (χ2n) is 7.26. The number of rotatable bonds is 11. The van der Waals surface area contributed by atoms with Crippen molar-refractivity contribution in [1.29, 1.82) is 0 Å². The van der Waals surface area contributed by atoms with Crippen molar-refractivity contribution in [3.05, 3.63) is 40.2 Å². The number of aliphatic hydroxyl groups excluding tert-OH is 1. The lowest BCUT2D eigenvalue weighted by Crippen LogP contribution is -2.44. The SMILES string of the molecule is C=Nc1nc(N)[nH]c(=O)c1/N=C(\C)CNc1ccc(C(=O)N[C@H](CCC(=O)NC)C(O)O)cc1. The fraction of sp³-hybridized carbons (Fsp3) is 0.333. The van der Waals surface area contributed by atoms with Gasteiger partial charge >= 0.3 is 0 Å². The summed E-state index contributed by atoms with van der Waals surface area (Å²) in [6, 6.07) is 5.43. The number of carbonyl (C=O) groups is 2. The molecule has 2 rings (SSSR count). The molecule has 0 unspecified atom stereocenters. The van der Waals surface area contributed by atoms with Crippen LogP contribution in [0.5, 0.6) is 0 Å². The van der Waals surface area contributed by atoms with E-state index in [1.54, 1.807) is 31.2 Å². The number of nitrogens with zero attached hydrogens (tertiary/aromatic N) is 3. The van der Waals surface area contributed by atoms with E-state index in [0.717, 1.165) is 0 Å². The molecular weight excluding hydrogens is 444 g/mol. The number of aromatic amines is 1. The van der Waals surface area contributed by atoms with Crippen molar-refractivity contribution in [2.45, 2.75) is 32.1 Å². The molecule has 8 N–H and O–H groups in total. The first-order chi connectivity index (χ1) is 16.1. The molecule has 2 amide bonds. The molecule has 0 saturated heterocycles. The number of hydrogen-bond donors (Lipinski definition) is 7. The number of nitrogens with two attached hydrogens (primary N) is 1. The molecule has 0 aliphatic heterocycles. The first-order valence-electron chi connectivity index (χ1n) is 10.3. The monoisotopic (exact) mass is 472 g/mol. The highest BCUT2D eigenvalue weighted by Gasteiger charge is 2.21. The molecule has 1 heterocycles. The molecule has 0 bridgehead atoms. The van der Waals surface area contributed by atoms with Gasteiger partial charge in [-0.2, -0.15) is 4.98 Å². The van der Waals surface area contributed by atoms with Crippen LogP contribution in [0.1, 0.15) is 30.1 Å². The predicted molar refractivity (Wildman–Crippen MR) is 129 cm³/mol. The van der Waals surface area contributed by atoms with Crippen LogP contribution in [-0.2, 0) is 4.79 Å². The van der Waals surface area contributed by atoms with Gasteiger partial charge in [-0.15, -0.1) is 0 Å². The number of benzene rings is 1. The lowest BCUT2D eigenvalue weighted by molar-refractivity contribution is -0.121. The highest BCUT2D eigenvalue weighted by atomic mass is 16.5. The molecule has 0 saturated carbocycles. The highest BCUT2D eigenvalue weighted by Crippen LogP contribution is 2.20. The van der Waals surface area contributed by atoms with Crippen molar-refractivity contribution in [3.63, 3.8) is 0 Å². The Bertz CT molecular complexity index is 1110. The number of nitrogens with one attached hydrogen (secondary N) is 4. The zero-order chi connectivity index (χ0) is 25.3. The van der Waals surface area contributed by atoms with E-state index < -0.39 is 23.8 Å². The van der Waals surface area contributed by atoms with Crippen molar-refractivity contribution in [1.82, 2.24) is 20.6 Å². The van der Waals surface area contributed by atoms with Gasteiger partial charge in [-0.3, -0.25) is 19.4 Å². The van der Waals surface area contributed by atoms with E-state index >= 15 is 0 Å². The van der Waals surface area contributed by atoms with Crippen LogP contribution in [-0.4, -0.2) is 70.3 Å². The average molecular weight is 473 g/mol.